The molecule has 1 heterocycles. The van der Waals surface area contributed by atoms with E-state index in [-0.39, 0.29) is 0 Å². The van der Waals surface area contributed by atoms with Gasteiger partial charge >= 0.3 is 0 Å². The van der Waals surface area contributed by atoms with Crippen LogP contribution in [0.5, 0.6) is 0 Å². The smallest absolute Gasteiger partial charge is 0.160 e. The molecule has 1 aromatic heterocycles. The van der Waals surface area contributed by atoms with Crippen molar-refractivity contribution in [2.45, 2.75) is 13.5 Å². The van der Waals surface area contributed by atoms with Crippen molar-refractivity contribution in [3.63, 3.8) is 0 Å². The van der Waals surface area contributed by atoms with Crippen molar-refractivity contribution >= 4 is 17.7 Å². The van der Waals surface area contributed by atoms with E-state index in [2.05, 4.69) is 22.0 Å². The quantitative estimate of drug-likeness (QED) is 0.819. The molecule has 0 atom stereocenters. The molecule has 0 fully saturated rings. The summed E-state index contributed by atoms with van der Waals surface area (Å²) >= 11 is 5.95. The van der Waals surface area contributed by atoms with Crippen LogP contribution in [0.3, 0.4) is 0 Å². The van der Waals surface area contributed by atoms with Gasteiger partial charge in [0.05, 0.1) is 6.54 Å². The van der Waals surface area contributed by atoms with Crippen LogP contribution in [0.1, 0.15) is 17.0 Å². The number of aryl methyl sites for hydroxylation is 1. The summed E-state index contributed by atoms with van der Waals surface area (Å²) in [5, 5.41) is 12.5. The lowest BCUT2D eigenvalue weighted by Gasteiger charge is -2.05. The molecule has 0 spiro atoms. The maximum absolute atomic E-state index is 5.95. The molecular formula is C11H11ClN4. The first-order chi connectivity index (χ1) is 7.69. The molecule has 0 radical (unpaired) electrons. The van der Waals surface area contributed by atoms with E-state index < -0.39 is 0 Å². The van der Waals surface area contributed by atoms with Gasteiger partial charge in [0, 0.05) is 5.02 Å². The molecule has 2 rings (SSSR count). The van der Waals surface area contributed by atoms with E-state index >= 15 is 0 Å². The molecule has 4 nitrogen and oxygen atoms in total. The predicted molar refractivity (Wildman–Crippen MR) is 63.2 cm³/mol. The molecule has 1 aromatic carbocycles. The largest absolute Gasteiger partial charge is 0.171 e. The fraction of sp³-hybridized carbons (Fsp3) is 0.182. The fourth-order valence-electron chi connectivity index (χ4n) is 1.45. The van der Waals surface area contributed by atoms with Gasteiger partial charge in [0.2, 0.25) is 0 Å². The number of tetrazole rings is 1. The summed E-state index contributed by atoms with van der Waals surface area (Å²) < 4.78 is 0. The Morgan fingerprint density at radius 1 is 1.50 bits per heavy atom. The van der Waals surface area contributed by atoms with Gasteiger partial charge in [0.15, 0.2) is 5.82 Å². The van der Waals surface area contributed by atoms with E-state index in [1.165, 1.54) is 4.80 Å². The molecule has 0 unspecified atom stereocenters. The van der Waals surface area contributed by atoms with Gasteiger partial charge in [0.25, 0.3) is 0 Å². The highest BCUT2D eigenvalue weighted by Crippen LogP contribution is 2.17. The molecule has 5 heteroatoms. The molecule has 0 aliphatic rings. The van der Waals surface area contributed by atoms with Gasteiger partial charge < -0.3 is 0 Å². The zero-order chi connectivity index (χ0) is 11.5. The van der Waals surface area contributed by atoms with E-state index in [1.807, 2.05) is 18.2 Å². The topological polar surface area (TPSA) is 43.6 Å². The number of nitrogens with zero attached hydrogens (tertiary/aromatic N) is 4. The highest BCUT2D eigenvalue weighted by atomic mass is 35.5. The molecule has 0 N–H and O–H groups in total. The Hall–Kier alpha value is -1.68. The van der Waals surface area contributed by atoms with Crippen LogP contribution >= 0.6 is 11.6 Å². The second kappa shape index (κ2) is 4.45. The van der Waals surface area contributed by atoms with E-state index in [9.17, 15) is 0 Å². The first kappa shape index (κ1) is 10.8. The molecule has 0 saturated heterocycles. The second-order valence-corrected chi connectivity index (χ2v) is 3.85. The lowest BCUT2D eigenvalue weighted by Crippen LogP contribution is -2.05. The number of halogens is 1. The summed E-state index contributed by atoms with van der Waals surface area (Å²) in [7, 11) is 0. The molecule has 0 amide bonds. The van der Waals surface area contributed by atoms with Crippen molar-refractivity contribution in [1.82, 2.24) is 20.2 Å². The van der Waals surface area contributed by atoms with Crippen molar-refractivity contribution in [1.29, 1.82) is 0 Å². The van der Waals surface area contributed by atoms with E-state index in [0.29, 0.717) is 17.4 Å². The Morgan fingerprint density at radius 3 is 2.94 bits per heavy atom. The summed E-state index contributed by atoms with van der Waals surface area (Å²) in [6, 6.07) is 5.65. The van der Waals surface area contributed by atoms with Gasteiger partial charge in [0.1, 0.15) is 0 Å². The van der Waals surface area contributed by atoms with Crippen LogP contribution in [0, 0.1) is 6.92 Å². The number of benzene rings is 1. The third-order valence-corrected chi connectivity index (χ3v) is 2.42. The van der Waals surface area contributed by atoms with E-state index in [0.717, 1.165) is 11.1 Å². The SMILES string of the molecule is C=Cc1ccc(Cl)cc1Cn1nnc(C)n1. The Labute approximate surface area is 98.5 Å². The number of hydrogen-bond donors (Lipinski definition) is 0. The standard InChI is InChI=1S/C11H11ClN4/c1-3-9-4-5-11(12)6-10(9)7-16-14-8(2)13-15-16/h3-6H,1,7H2,2H3. The van der Waals surface area contributed by atoms with Crippen LogP contribution in [-0.4, -0.2) is 20.2 Å². The second-order valence-electron chi connectivity index (χ2n) is 3.41. The molecule has 0 saturated carbocycles. The number of hydrogen-bond acceptors (Lipinski definition) is 3. The molecule has 0 bridgehead atoms. The van der Waals surface area contributed by atoms with Crippen molar-refractivity contribution < 1.29 is 0 Å². The highest BCUT2D eigenvalue weighted by molar-refractivity contribution is 6.30. The summed E-state index contributed by atoms with van der Waals surface area (Å²) in [5.41, 5.74) is 2.05. The van der Waals surface area contributed by atoms with Gasteiger partial charge in [-0.2, -0.15) is 4.80 Å². The van der Waals surface area contributed by atoms with Gasteiger partial charge in [-0.1, -0.05) is 30.3 Å². The third-order valence-electron chi connectivity index (χ3n) is 2.19. The van der Waals surface area contributed by atoms with Gasteiger partial charge in [-0.05, 0) is 35.4 Å². The minimum Gasteiger partial charge on any atom is -0.160 e. The summed E-state index contributed by atoms with van der Waals surface area (Å²) in [6.07, 6.45) is 1.79. The Kier molecular flexibility index (Phi) is 3.01. The molecule has 2 aromatic rings. The van der Waals surface area contributed by atoms with Crippen LogP contribution < -0.4 is 0 Å². The Balaban J connectivity index is 2.32. The first-order valence-corrected chi connectivity index (χ1v) is 5.22. The molecular weight excluding hydrogens is 224 g/mol. The summed E-state index contributed by atoms with van der Waals surface area (Å²) in [6.45, 7) is 6.11. The predicted octanol–water partition coefficient (Wildman–Crippen LogP) is 2.33. The zero-order valence-electron chi connectivity index (χ0n) is 8.89. The lowest BCUT2D eigenvalue weighted by atomic mass is 10.1. The number of aromatic nitrogens is 4. The molecule has 0 aliphatic heterocycles. The normalized spacial score (nSPS) is 10.4. The van der Waals surface area contributed by atoms with Crippen LogP contribution in [0.4, 0.5) is 0 Å². The monoisotopic (exact) mass is 234 g/mol. The Morgan fingerprint density at radius 2 is 2.31 bits per heavy atom. The molecule has 82 valence electrons. The Bertz CT molecular complexity index is 518. The first-order valence-electron chi connectivity index (χ1n) is 4.84. The molecule has 0 aliphatic carbocycles. The summed E-state index contributed by atoms with van der Waals surface area (Å²) in [4.78, 5) is 1.54. The van der Waals surface area contributed by atoms with Crippen molar-refractivity contribution in [3.05, 3.63) is 46.8 Å². The fourth-order valence-corrected chi connectivity index (χ4v) is 1.65. The number of rotatable bonds is 3. The van der Waals surface area contributed by atoms with E-state index in [1.54, 1.807) is 13.0 Å². The third kappa shape index (κ3) is 2.28. The zero-order valence-corrected chi connectivity index (χ0v) is 9.65. The highest BCUT2D eigenvalue weighted by Gasteiger charge is 2.04. The van der Waals surface area contributed by atoms with E-state index in [4.69, 9.17) is 11.6 Å². The molecule has 16 heavy (non-hydrogen) atoms. The van der Waals surface area contributed by atoms with Gasteiger partial charge in [-0.15, -0.1) is 10.2 Å². The summed E-state index contributed by atoms with van der Waals surface area (Å²) in [5.74, 6) is 0.655. The van der Waals surface area contributed by atoms with Crippen LogP contribution in [0.15, 0.2) is 24.8 Å². The van der Waals surface area contributed by atoms with Crippen LogP contribution in [0.2, 0.25) is 5.02 Å². The minimum atomic E-state index is 0.544. The van der Waals surface area contributed by atoms with Crippen molar-refractivity contribution in [2.24, 2.45) is 0 Å². The minimum absolute atomic E-state index is 0.544. The van der Waals surface area contributed by atoms with Crippen LogP contribution in [0.25, 0.3) is 6.08 Å². The van der Waals surface area contributed by atoms with Gasteiger partial charge in [-0.25, -0.2) is 0 Å². The van der Waals surface area contributed by atoms with Crippen molar-refractivity contribution in [3.8, 4) is 0 Å². The lowest BCUT2D eigenvalue weighted by molar-refractivity contribution is 0.571. The average molecular weight is 235 g/mol. The average Bonchev–Trinajstić information content (AvgIpc) is 2.64. The van der Waals surface area contributed by atoms with Crippen LogP contribution in [-0.2, 0) is 6.54 Å². The van der Waals surface area contributed by atoms with Crippen molar-refractivity contribution in [2.75, 3.05) is 0 Å². The van der Waals surface area contributed by atoms with Gasteiger partial charge in [-0.3, -0.25) is 0 Å². The maximum atomic E-state index is 5.95. The maximum Gasteiger partial charge on any atom is 0.171 e.